The molecule has 0 aliphatic rings. The van der Waals surface area contributed by atoms with E-state index >= 15 is 0 Å². The van der Waals surface area contributed by atoms with Gasteiger partial charge in [0.05, 0.1) is 13.4 Å². The summed E-state index contributed by atoms with van der Waals surface area (Å²) in [5, 5.41) is 2.79. The highest BCUT2D eigenvalue weighted by molar-refractivity contribution is 5.77. The smallest absolute Gasteiger partial charge is 0.223 e. The molecule has 0 aliphatic heterocycles. The molecule has 88 valence electrons. The molecule has 0 fully saturated rings. The van der Waals surface area contributed by atoms with E-state index in [0.29, 0.717) is 13.0 Å². The molecule has 1 aromatic heterocycles. The average Bonchev–Trinajstić information content (AvgIpc) is 2.72. The summed E-state index contributed by atoms with van der Waals surface area (Å²) in [6.45, 7) is 4.14. The highest BCUT2D eigenvalue weighted by atomic mass is 16.5. The lowest BCUT2D eigenvalue weighted by molar-refractivity contribution is -0.120. The van der Waals surface area contributed by atoms with Gasteiger partial charge in [0.15, 0.2) is 5.75 Å². The molecular formula is C12H17NO3. The van der Waals surface area contributed by atoms with Gasteiger partial charge in [-0.3, -0.25) is 4.79 Å². The maximum absolute atomic E-state index is 11.1. The molecule has 0 saturated carbocycles. The van der Waals surface area contributed by atoms with Crippen LogP contribution in [0.3, 0.4) is 0 Å². The van der Waals surface area contributed by atoms with Gasteiger partial charge in [0.1, 0.15) is 5.76 Å². The quantitative estimate of drug-likeness (QED) is 0.567. The summed E-state index contributed by atoms with van der Waals surface area (Å²) < 4.78 is 10.4. The van der Waals surface area contributed by atoms with E-state index in [1.165, 1.54) is 0 Å². The molecule has 0 bridgehead atoms. The summed E-state index contributed by atoms with van der Waals surface area (Å²) in [7, 11) is 1.61. The highest BCUT2D eigenvalue weighted by Gasteiger charge is 2.05. The summed E-state index contributed by atoms with van der Waals surface area (Å²) in [6.07, 6.45) is 5.14. The number of aryl methyl sites for hydroxylation is 1. The van der Waals surface area contributed by atoms with Gasteiger partial charge in [-0.25, -0.2) is 0 Å². The number of carbonyl (C=O) groups is 1. The zero-order chi connectivity index (χ0) is 11.8. The van der Waals surface area contributed by atoms with E-state index in [0.717, 1.165) is 24.4 Å². The highest BCUT2D eigenvalue weighted by Crippen LogP contribution is 2.20. The average molecular weight is 223 g/mol. The number of rotatable bonds is 7. The first-order valence-corrected chi connectivity index (χ1v) is 5.26. The van der Waals surface area contributed by atoms with Gasteiger partial charge in [-0.2, -0.15) is 0 Å². The number of carbonyl (C=O) groups excluding carboxylic acids is 1. The van der Waals surface area contributed by atoms with Crippen LogP contribution in [0.2, 0.25) is 0 Å². The molecule has 1 rings (SSSR count). The Labute approximate surface area is 95.3 Å². The number of hydrogen-bond acceptors (Lipinski definition) is 3. The Morgan fingerprint density at radius 1 is 1.69 bits per heavy atom. The van der Waals surface area contributed by atoms with Crippen LogP contribution in [-0.2, 0) is 11.2 Å². The molecule has 1 N–H and O–H groups in total. The van der Waals surface area contributed by atoms with Crippen LogP contribution >= 0.6 is 0 Å². The van der Waals surface area contributed by atoms with Crippen LogP contribution in [0.15, 0.2) is 29.4 Å². The minimum absolute atomic E-state index is 0.00131. The van der Waals surface area contributed by atoms with Crippen molar-refractivity contribution in [2.45, 2.75) is 19.3 Å². The van der Waals surface area contributed by atoms with E-state index in [1.807, 2.05) is 0 Å². The lowest BCUT2D eigenvalue weighted by Gasteiger charge is -2.03. The zero-order valence-electron chi connectivity index (χ0n) is 9.49. The van der Waals surface area contributed by atoms with Gasteiger partial charge in [-0.1, -0.05) is 6.08 Å². The van der Waals surface area contributed by atoms with Crippen molar-refractivity contribution in [3.63, 3.8) is 0 Å². The van der Waals surface area contributed by atoms with Crippen molar-refractivity contribution in [2.24, 2.45) is 0 Å². The normalized spacial score (nSPS) is 9.81. The van der Waals surface area contributed by atoms with Gasteiger partial charge >= 0.3 is 0 Å². The predicted octanol–water partition coefficient (Wildman–Crippen LogP) is 1.91. The maximum atomic E-state index is 11.1. The fourth-order valence-electron chi connectivity index (χ4n) is 1.37. The molecule has 1 heterocycles. The summed E-state index contributed by atoms with van der Waals surface area (Å²) in [5.41, 5.74) is 0. The Balaban J connectivity index is 2.20. The molecule has 4 nitrogen and oxygen atoms in total. The third-order valence-electron chi connectivity index (χ3n) is 2.16. The van der Waals surface area contributed by atoms with Crippen molar-refractivity contribution < 1.29 is 13.9 Å². The molecule has 0 aromatic carbocycles. The summed E-state index contributed by atoms with van der Waals surface area (Å²) in [6, 6.07) is 1.78. The largest absolute Gasteiger partial charge is 0.493 e. The molecule has 1 amide bonds. The lowest BCUT2D eigenvalue weighted by Crippen LogP contribution is -2.23. The number of nitrogens with one attached hydrogen (secondary N) is 1. The van der Waals surface area contributed by atoms with E-state index in [2.05, 4.69) is 11.9 Å². The predicted molar refractivity (Wildman–Crippen MR) is 61.4 cm³/mol. The first-order chi connectivity index (χ1) is 7.77. The molecule has 0 spiro atoms. The van der Waals surface area contributed by atoms with Crippen LogP contribution in [0.4, 0.5) is 0 Å². The Bertz CT molecular complexity index is 344. The van der Waals surface area contributed by atoms with Gasteiger partial charge in [0.25, 0.3) is 0 Å². The van der Waals surface area contributed by atoms with E-state index in [9.17, 15) is 4.79 Å². The van der Waals surface area contributed by atoms with Crippen molar-refractivity contribution in [3.05, 3.63) is 30.7 Å². The molecule has 16 heavy (non-hydrogen) atoms. The van der Waals surface area contributed by atoms with Crippen LogP contribution in [0.25, 0.3) is 0 Å². The van der Waals surface area contributed by atoms with Gasteiger partial charge in [-0.05, 0) is 6.42 Å². The minimum atomic E-state index is 0.00131. The second kappa shape index (κ2) is 6.71. The Kier molecular flexibility index (Phi) is 5.19. The third kappa shape index (κ3) is 3.81. The topological polar surface area (TPSA) is 51.5 Å². The van der Waals surface area contributed by atoms with Gasteiger partial charge in [0, 0.05) is 25.5 Å². The summed E-state index contributed by atoms with van der Waals surface area (Å²) >= 11 is 0. The van der Waals surface area contributed by atoms with Crippen LogP contribution in [0, 0.1) is 0 Å². The monoisotopic (exact) mass is 223 g/mol. The Morgan fingerprint density at radius 3 is 3.19 bits per heavy atom. The Hall–Kier alpha value is -1.71. The fraction of sp³-hybridized carbons (Fsp3) is 0.417. The van der Waals surface area contributed by atoms with Gasteiger partial charge in [0.2, 0.25) is 5.91 Å². The SMILES string of the molecule is C=CCC(=O)NCCCc1occc1OC. The van der Waals surface area contributed by atoms with Crippen LogP contribution in [0.1, 0.15) is 18.6 Å². The Morgan fingerprint density at radius 2 is 2.50 bits per heavy atom. The van der Waals surface area contributed by atoms with Gasteiger partial charge in [-0.15, -0.1) is 6.58 Å². The van der Waals surface area contributed by atoms with Gasteiger partial charge < -0.3 is 14.5 Å². The molecular weight excluding hydrogens is 206 g/mol. The molecule has 0 saturated heterocycles. The van der Waals surface area contributed by atoms with Crippen LogP contribution < -0.4 is 10.1 Å². The first kappa shape index (κ1) is 12.4. The summed E-state index contributed by atoms with van der Waals surface area (Å²) in [5.74, 6) is 1.58. The molecule has 4 heteroatoms. The van der Waals surface area contributed by atoms with Crippen molar-refractivity contribution in [1.29, 1.82) is 0 Å². The minimum Gasteiger partial charge on any atom is -0.493 e. The van der Waals surface area contributed by atoms with E-state index < -0.39 is 0 Å². The molecule has 1 aromatic rings. The molecule has 0 unspecified atom stereocenters. The number of methoxy groups -OCH3 is 1. The van der Waals surface area contributed by atoms with Crippen molar-refractivity contribution in [1.82, 2.24) is 5.32 Å². The van der Waals surface area contributed by atoms with E-state index in [-0.39, 0.29) is 5.91 Å². The lowest BCUT2D eigenvalue weighted by atomic mass is 10.2. The van der Waals surface area contributed by atoms with Crippen molar-refractivity contribution in [2.75, 3.05) is 13.7 Å². The fourth-order valence-corrected chi connectivity index (χ4v) is 1.37. The van der Waals surface area contributed by atoms with Crippen LogP contribution in [0.5, 0.6) is 5.75 Å². The zero-order valence-corrected chi connectivity index (χ0v) is 9.49. The molecule has 0 aliphatic carbocycles. The van der Waals surface area contributed by atoms with E-state index in [4.69, 9.17) is 9.15 Å². The van der Waals surface area contributed by atoms with Crippen molar-refractivity contribution in [3.8, 4) is 5.75 Å². The summed E-state index contributed by atoms with van der Waals surface area (Å²) in [4.78, 5) is 11.1. The van der Waals surface area contributed by atoms with Crippen molar-refractivity contribution >= 4 is 5.91 Å². The molecule has 0 atom stereocenters. The second-order valence-corrected chi connectivity index (χ2v) is 3.36. The van der Waals surface area contributed by atoms with E-state index in [1.54, 1.807) is 25.5 Å². The standard InChI is InChI=1S/C12H17NO3/c1-3-5-12(14)13-8-4-6-11-10(15-2)7-9-16-11/h3,7,9H,1,4-6,8H2,2H3,(H,13,14). The first-order valence-electron chi connectivity index (χ1n) is 5.26. The third-order valence-corrected chi connectivity index (χ3v) is 2.16. The number of hydrogen-bond donors (Lipinski definition) is 1. The second-order valence-electron chi connectivity index (χ2n) is 3.36. The molecule has 0 radical (unpaired) electrons. The van der Waals surface area contributed by atoms with Crippen LogP contribution in [-0.4, -0.2) is 19.6 Å². The number of ether oxygens (including phenoxy) is 1. The maximum Gasteiger partial charge on any atom is 0.223 e. The number of furan rings is 1. The number of amides is 1.